The van der Waals surface area contributed by atoms with Gasteiger partial charge in [-0.3, -0.25) is 0 Å². The molecule has 70 valence electrons. The molecule has 0 saturated heterocycles. The summed E-state index contributed by atoms with van der Waals surface area (Å²) in [6.07, 6.45) is 1.90. The van der Waals surface area contributed by atoms with Crippen LogP contribution in [0.2, 0.25) is 0 Å². The third-order valence-corrected chi connectivity index (χ3v) is 2.65. The highest BCUT2D eigenvalue weighted by Crippen LogP contribution is 2.01. The summed E-state index contributed by atoms with van der Waals surface area (Å²) >= 11 is 12.8. The summed E-state index contributed by atoms with van der Waals surface area (Å²) in [7, 11) is 0. The maximum Gasteiger partial charge on any atom is 0.0431 e. The van der Waals surface area contributed by atoms with Gasteiger partial charge in [-0.2, -0.15) is 11.8 Å². The third-order valence-electron chi connectivity index (χ3n) is 1.07. The van der Waals surface area contributed by atoms with E-state index in [1.165, 1.54) is 5.54 Å². The first-order valence-corrected chi connectivity index (χ1v) is 5.62. The molecule has 0 heterocycles. The summed E-state index contributed by atoms with van der Waals surface area (Å²) in [6, 6.07) is 0. The Bertz CT molecular complexity index is 148. The largest absolute Gasteiger partial charge is 0.311 e. The van der Waals surface area contributed by atoms with Crippen molar-refractivity contribution >= 4 is 35.0 Å². The Morgan fingerprint density at radius 2 is 2.33 bits per heavy atom. The zero-order chi connectivity index (χ0) is 9.23. The van der Waals surface area contributed by atoms with Gasteiger partial charge in [-0.1, -0.05) is 29.3 Å². The fourth-order valence-corrected chi connectivity index (χ4v) is 1.35. The van der Waals surface area contributed by atoms with Gasteiger partial charge in [0.15, 0.2) is 0 Å². The van der Waals surface area contributed by atoms with E-state index in [4.69, 9.17) is 23.2 Å². The molecule has 0 aromatic rings. The molecule has 4 heteroatoms. The van der Waals surface area contributed by atoms with Crippen LogP contribution in [-0.4, -0.2) is 24.6 Å². The van der Waals surface area contributed by atoms with Gasteiger partial charge in [0.1, 0.15) is 0 Å². The Labute approximate surface area is 88.2 Å². The number of nitrogens with one attached hydrogen (secondary N) is 1. The molecule has 0 amide bonds. The van der Waals surface area contributed by atoms with Crippen LogP contribution in [0.25, 0.3) is 0 Å². The van der Waals surface area contributed by atoms with E-state index >= 15 is 0 Å². The van der Waals surface area contributed by atoms with Gasteiger partial charge in [0.25, 0.3) is 0 Å². The number of rotatable bonds is 7. The van der Waals surface area contributed by atoms with Gasteiger partial charge in [0.2, 0.25) is 0 Å². The minimum absolute atomic E-state index is 0.644. The Morgan fingerprint density at radius 3 is 2.92 bits per heavy atom. The summed E-state index contributed by atoms with van der Waals surface area (Å²) in [4.78, 5) is 0. The van der Waals surface area contributed by atoms with Crippen LogP contribution >= 0.6 is 35.0 Å². The van der Waals surface area contributed by atoms with E-state index in [0.717, 1.165) is 18.1 Å². The van der Waals surface area contributed by atoms with E-state index in [9.17, 15) is 0 Å². The van der Waals surface area contributed by atoms with E-state index in [1.807, 2.05) is 17.8 Å². The highest BCUT2D eigenvalue weighted by molar-refractivity contribution is 7.99. The molecule has 12 heavy (non-hydrogen) atoms. The summed E-state index contributed by atoms with van der Waals surface area (Å²) in [6.45, 7) is 5.23. The topological polar surface area (TPSA) is 12.0 Å². The lowest BCUT2D eigenvalue weighted by molar-refractivity contribution is 0.800. The van der Waals surface area contributed by atoms with E-state index in [1.54, 1.807) is 0 Å². The summed E-state index contributed by atoms with van der Waals surface area (Å²) in [5, 5.41) is 3.80. The fraction of sp³-hybridized carbons (Fsp3) is 0.500. The average Bonchev–Trinajstić information content (AvgIpc) is 2.10. The van der Waals surface area contributed by atoms with E-state index in [0.29, 0.717) is 11.6 Å². The smallest absolute Gasteiger partial charge is 0.0431 e. The first kappa shape index (κ1) is 12.4. The van der Waals surface area contributed by atoms with Crippen molar-refractivity contribution in [3.05, 3.63) is 23.2 Å². The van der Waals surface area contributed by atoms with Crippen molar-refractivity contribution in [2.75, 3.05) is 24.6 Å². The van der Waals surface area contributed by atoms with Crippen molar-refractivity contribution in [1.29, 1.82) is 0 Å². The highest BCUT2D eigenvalue weighted by Gasteiger charge is 1.90. The molecule has 1 N–H and O–H groups in total. The Balaban J connectivity index is 3.05. The number of hydrogen-bond donors (Lipinski definition) is 1. The number of hydrogen-bond acceptors (Lipinski definition) is 2. The molecule has 0 atom stereocenters. The molecule has 0 unspecified atom stereocenters. The third kappa shape index (κ3) is 8.47. The molecule has 0 aromatic carbocycles. The maximum absolute atomic E-state index is 5.65. The number of thioether (sulfide) groups is 1. The minimum Gasteiger partial charge on any atom is -0.311 e. The van der Waals surface area contributed by atoms with E-state index < -0.39 is 0 Å². The van der Waals surface area contributed by atoms with Crippen LogP contribution in [0.1, 0.15) is 0 Å². The predicted octanol–water partition coefficient (Wildman–Crippen LogP) is 2.81. The second kappa shape index (κ2) is 9.46. The maximum atomic E-state index is 5.65. The van der Waals surface area contributed by atoms with Gasteiger partial charge in [0.05, 0.1) is 0 Å². The predicted molar refractivity (Wildman–Crippen MR) is 60.2 cm³/mol. The molecule has 0 radical (unpaired) electrons. The van der Waals surface area contributed by atoms with Gasteiger partial charge in [-0.15, -0.1) is 6.58 Å². The van der Waals surface area contributed by atoms with Crippen molar-refractivity contribution in [3.63, 3.8) is 0 Å². The highest BCUT2D eigenvalue weighted by atomic mass is 35.5. The molecule has 0 aliphatic carbocycles. The Morgan fingerprint density at radius 1 is 1.58 bits per heavy atom. The van der Waals surface area contributed by atoms with E-state index in [2.05, 4.69) is 11.9 Å². The van der Waals surface area contributed by atoms with E-state index in [-0.39, 0.29) is 0 Å². The SMILES string of the molecule is C=CCSCCNC/C(Cl)=C\Cl. The van der Waals surface area contributed by atoms with Gasteiger partial charge >= 0.3 is 0 Å². The minimum atomic E-state index is 0.644. The molecule has 0 rings (SSSR count). The normalized spacial score (nSPS) is 11.7. The van der Waals surface area contributed by atoms with Crippen LogP contribution in [0, 0.1) is 0 Å². The van der Waals surface area contributed by atoms with Crippen molar-refractivity contribution in [1.82, 2.24) is 5.32 Å². The van der Waals surface area contributed by atoms with Gasteiger partial charge in [-0.25, -0.2) is 0 Å². The van der Waals surface area contributed by atoms with Crippen LogP contribution in [0.15, 0.2) is 23.2 Å². The van der Waals surface area contributed by atoms with Gasteiger partial charge in [-0.05, 0) is 0 Å². The lowest BCUT2D eigenvalue weighted by atomic mass is 10.6. The molecule has 0 saturated carbocycles. The Hall–Kier alpha value is 0.370. The first-order chi connectivity index (χ1) is 5.81. The molecule has 1 nitrogen and oxygen atoms in total. The molecule has 0 fully saturated rings. The second-order valence-corrected chi connectivity index (χ2v) is 3.95. The summed E-state index contributed by atoms with van der Waals surface area (Å²) in [5.41, 5.74) is 1.38. The zero-order valence-electron chi connectivity index (χ0n) is 6.85. The fourth-order valence-electron chi connectivity index (χ4n) is 0.557. The molecular formula is C8H13Cl2NS. The summed E-state index contributed by atoms with van der Waals surface area (Å²) in [5.74, 6) is 2.07. The van der Waals surface area contributed by atoms with Crippen LogP contribution < -0.4 is 5.32 Å². The molecule has 0 spiro atoms. The quantitative estimate of drug-likeness (QED) is 0.529. The Kier molecular flexibility index (Phi) is 9.75. The van der Waals surface area contributed by atoms with Crippen molar-refractivity contribution in [2.24, 2.45) is 0 Å². The standard InChI is InChI=1S/C8H13Cl2NS/c1-2-4-12-5-3-11-7-8(10)6-9/h2,6,11H,1,3-5,7H2/b8-6+. The van der Waals surface area contributed by atoms with Gasteiger partial charge < -0.3 is 5.32 Å². The van der Waals surface area contributed by atoms with Crippen LogP contribution in [0.5, 0.6) is 0 Å². The van der Waals surface area contributed by atoms with Gasteiger partial charge in [0, 0.05) is 35.2 Å². The summed E-state index contributed by atoms with van der Waals surface area (Å²) < 4.78 is 0. The molecule has 0 aliphatic heterocycles. The van der Waals surface area contributed by atoms with Crippen LogP contribution in [0.3, 0.4) is 0 Å². The average molecular weight is 226 g/mol. The first-order valence-electron chi connectivity index (χ1n) is 3.65. The lowest BCUT2D eigenvalue weighted by Crippen LogP contribution is -2.18. The van der Waals surface area contributed by atoms with Crippen molar-refractivity contribution in [3.8, 4) is 0 Å². The monoisotopic (exact) mass is 225 g/mol. The van der Waals surface area contributed by atoms with Crippen molar-refractivity contribution < 1.29 is 0 Å². The lowest BCUT2D eigenvalue weighted by Gasteiger charge is -2.01. The molecule has 0 aliphatic rings. The molecule has 0 bridgehead atoms. The van der Waals surface area contributed by atoms with Crippen LogP contribution in [0.4, 0.5) is 0 Å². The number of halogens is 2. The zero-order valence-corrected chi connectivity index (χ0v) is 9.18. The molecular weight excluding hydrogens is 213 g/mol. The van der Waals surface area contributed by atoms with Crippen LogP contribution in [-0.2, 0) is 0 Å². The van der Waals surface area contributed by atoms with Crippen molar-refractivity contribution in [2.45, 2.75) is 0 Å². The second-order valence-electron chi connectivity index (χ2n) is 2.10. The molecule has 0 aromatic heterocycles.